The fourth-order valence-electron chi connectivity index (χ4n) is 7.09. The van der Waals surface area contributed by atoms with Gasteiger partial charge in [0.05, 0.1) is 11.0 Å². The van der Waals surface area contributed by atoms with Crippen molar-refractivity contribution in [2.45, 2.75) is 0 Å². The molecular weight excluding hydrogens is 629 g/mol. The van der Waals surface area contributed by atoms with Gasteiger partial charge in [0.1, 0.15) is 0 Å². The molecule has 0 aliphatic rings. The summed E-state index contributed by atoms with van der Waals surface area (Å²) in [5.41, 5.74) is 8.60. The van der Waals surface area contributed by atoms with Crippen LogP contribution >= 0.6 is 11.3 Å². The van der Waals surface area contributed by atoms with E-state index in [1.165, 1.54) is 36.5 Å². The Bertz CT molecular complexity index is 2850. The van der Waals surface area contributed by atoms with Gasteiger partial charge in [0.2, 0.25) is 0 Å². The second-order valence-corrected chi connectivity index (χ2v) is 13.5. The molecule has 234 valence electrons. The molecule has 0 fully saturated rings. The van der Waals surface area contributed by atoms with Gasteiger partial charge in [-0.1, -0.05) is 133 Å². The number of fused-ring (bicyclic) bond motifs is 6. The minimum atomic E-state index is 0.641. The third-order valence-corrected chi connectivity index (χ3v) is 10.7. The zero-order valence-electron chi connectivity index (χ0n) is 26.9. The summed E-state index contributed by atoms with van der Waals surface area (Å²) in [6.45, 7) is 0. The lowest BCUT2D eigenvalue weighted by Gasteiger charge is -2.11. The van der Waals surface area contributed by atoms with Crippen molar-refractivity contribution in [1.29, 1.82) is 0 Å². The number of hydrogen-bond acceptors (Lipinski definition) is 4. The Morgan fingerprint density at radius 3 is 1.78 bits per heavy atom. The Labute approximate surface area is 292 Å². The van der Waals surface area contributed by atoms with Crippen LogP contribution in [0, 0.1) is 0 Å². The van der Waals surface area contributed by atoms with E-state index in [4.69, 9.17) is 15.0 Å². The van der Waals surface area contributed by atoms with Crippen LogP contribution in [0.3, 0.4) is 0 Å². The molecule has 10 aromatic rings. The van der Waals surface area contributed by atoms with E-state index in [0.29, 0.717) is 17.5 Å². The van der Waals surface area contributed by atoms with Gasteiger partial charge < -0.3 is 4.57 Å². The van der Waals surface area contributed by atoms with E-state index in [9.17, 15) is 0 Å². The average Bonchev–Trinajstić information content (AvgIpc) is 3.74. The predicted octanol–water partition coefficient (Wildman–Crippen LogP) is 12.0. The van der Waals surface area contributed by atoms with Crippen LogP contribution < -0.4 is 0 Å². The largest absolute Gasteiger partial charge is 0.309 e. The number of para-hydroxylation sites is 2. The zero-order valence-corrected chi connectivity index (χ0v) is 27.7. The Balaban J connectivity index is 1.20. The Hall–Kier alpha value is -6.43. The lowest BCUT2D eigenvalue weighted by Crippen LogP contribution is -2.00. The van der Waals surface area contributed by atoms with Gasteiger partial charge in [0, 0.05) is 53.3 Å². The van der Waals surface area contributed by atoms with Crippen LogP contribution in [0.25, 0.3) is 93.0 Å². The van der Waals surface area contributed by atoms with Crippen molar-refractivity contribution in [3.63, 3.8) is 0 Å². The van der Waals surface area contributed by atoms with Crippen LogP contribution in [-0.4, -0.2) is 19.5 Å². The van der Waals surface area contributed by atoms with Gasteiger partial charge in [-0.05, 0) is 47.5 Å². The molecule has 5 heteroatoms. The summed E-state index contributed by atoms with van der Waals surface area (Å²) in [5, 5.41) is 4.87. The second-order valence-electron chi connectivity index (χ2n) is 12.5. The molecule has 0 amide bonds. The SMILES string of the molecule is c1ccc(-c2ccc(-c3nc(-c4ccc5c6ccccc6n(-c6ccccc6)c5c4)nc(-c4cccc5c4sc4ccccc45)n3)cc2)cc1. The van der Waals surface area contributed by atoms with E-state index in [0.717, 1.165) is 39.0 Å². The first kappa shape index (κ1) is 28.6. The minimum absolute atomic E-state index is 0.641. The molecule has 0 saturated heterocycles. The number of rotatable bonds is 5. The van der Waals surface area contributed by atoms with Crippen molar-refractivity contribution in [3.05, 3.63) is 170 Å². The molecule has 0 atom stereocenters. The Morgan fingerprint density at radius 2 is 0.960 bits per heavy atom. The molecular formula is C45H28N4S. The van der Waals surface area contributed by atoms with E-state index in [1.54, 1.807) is 11.3 Å². The summed E-state index contributed by atoms with van der Waals surface area (Å²) in [7, 11) is 0. The molecule has 0 unspecified atom stereocenters. The molecule has 0 aliphatic heterocycles. The van der Waals surface area contributed by atoms with Gasteiger partial charge in [0.15, 0.2) is 17.5 Å². The summed E-state index contributed by atoms with van der Waals surface area (Å²) in [6.07, 6.45) is 0. The maximum absolute atomic E-state index is 5.22. The van der Waals surface area contributed by atoms with Crippen LogP contribution in [-0.2, 0) is 0 Å². The van der Waals surface area contributed by atoms with Crippen LogP contribution in [0.4, 0.5) is 0 Å². The number of benzene rings is 7. The maximum Gasteiger partial charge on any atom is 0.165 e. The van der Waals surface area contributed by atoms with Crippen LogP contribution in [0.5, 0.6) is 0 Å². The summed E-state index contributed by atoms with van der Waals surface area (Å²) in [6, 6.07) is 59.7. The van der Waals surface area contributed by atoms with Crippen molar-refractivity contribution < 1.29 is 0 Å². The van der Waals surface area contributed by atoms with Crippen LogP contribution in [0.15, 0.2) is 170 Å². The van der Waals surface area contributed by atoms with Crippen molar-refractivity contribution >= 4 is 53.3 Å². The molecule has 10 rings (SSSR count). The van der Waals surface area contributed by atoms with E-state index in [1.807, 2.05) is 6.07 Å². The van der Waals surface area contributed by atoms with Gasteiger partial charge >= 0.3 is 0 Å². The van der Waals surface area contributed by atoms with Crippen molar-refractivity contribution in [2.75, 3.05) is 0 Å². The van der Waals surface area contributed by atoms with Crippen molar-refractivity contribution in [1.82, 2.24) is 19.5 Å². The Kier molecular flexibility index (Phi) is 6.64. The van der Waals surface area contributed by atoms with Gasteiger partial charge in [-0.25, -0.2) is 15.0 Å². The standard InChI is InChI=1S/C45H28N4S/c1-3-12-29(13-4-1)30-22-24-31(25-23-30)43-46-44(48-45(47-43)38-19-11-18-37-36-17-8-10-21-41(36)50-42(37)38)32-26-27-35-34-16-7-9-20-39(34)49(40(35)28-32)33-14-5-2-6-15-33/h1-28H. The van der Waals surface area contributed by atoms with E-state index < -0.39 is 0 Å². The summed E-state index contributed by atoms with van der Waals surface area (Å²) < 4.78 is 4.76. The molecule has 0 saturated carbocycles. The molecule has 7 aromatic carbocycles. The first-order valence-corrected chi connectivity index (χ1v) is 17.5. The highest BCUT2D eigenvalue weighted by Crippen LogP contribution is 2.40. The molecule has 3 heterocycles. The topological polar surface area (TPSA) is 43.6 Å². The first-order valence-electron chi connectivity index (χ1n) is 16.7. The van der Waals surface area contributed by atoms with E-state index in [-0.39, 0.29) is 0 Å². The highest BCUT2D eigenvalue weighted by molar-refractivity contribution is 7.26. The Morgan fingerprint density at radius 1 is 0.380 bits per heavy atom. The first-order chi connectivity index (χ1) is 24.8. The van der Waals surface area contributed by atoms with Crippen LogP contribution in [0.1, 0.15) is 0 Å². The fraction of sp³-hybridized carbons (Fsp3) is 0. The van der Waals surface area contributed by atoms with Gasteiger partial charge in [-0.2, -0.15) is 0 Å². The van der Waals surface area contributed by atoms with Crippen molar-refractivity contribution in [2.24, 2.45) is 0 Å². The van der Waals surface area contributed by atoms with Crippen molar-refractivity contribution in [3.8, 4) is 51.0 Å². The molecule has 0 N–H and O–H groups in total. The van der Waals surface area contributed by atoms with E-state index in [2.05, 4.69) is 168 Å². The monoisotopic (exact) mass is 656 g/mol. The highest BCUT2D eigenvalue weighted by atomic mass is 32.1. The molecule has 4 nitrogen and oxygen atoms in total. The fourth-order valence-corrected chi connectivity index (χ4v) is 8.30. The van der Waals surface area contributed by atoms with Gasteiger partial charge in [-0.15, -0.1) is 11.3 Å². The third kappa shape index (κ3) is 4.71. The summed E-state index contributed by atoms with van der Waals surface area (Å²) in [4.78, 5) is 15.5. The normalized spacial score (nSPS) is 11.6. The zero-order chi connectivity index (χ0) is 33.0. The lowest BCUT2D eigenvalue weighted by atomic mass is 10.0. The lowest BCUT2D eigenvalue weighted by molar-refractivity contribution is 1.08. The number of nitrogens with zero attached hydrogens (tertiary/aromatic N) is 4. The molecule has 0 spiro atoms. The average molecular weight is 657 g/mol. The maximum atomic E-state index is 5.22. The van der Waals surface area contributed by atoms with Crippen LogP contribution in [0.2, 0.25) is 0 Å². The minimum Gasteiger partial charge on any atom is -0.309 e. The van der Waals surface area contributed by atoms with Gasteiger partial charge in [0.25, 0.3) is 0 Å². The number of hydrogen-bond donors (Lipinski definition) is 0. The molecule has 0 aliphatic carbocycles. The quantitative estimate of drug-likeness (QED) is 0.185. The second kappa shape index (κ2) is 11.6. The third-order valence-electron chi connectivity index (χ3n) is 9.48. The summed E-state index contributed by atoms with van der Waals surface area (Å²) in [5.74, 6) is 1.95. The molecule has 50 heavy (non-hydrogen) atoms. The smallest absolute Gasteiger partial charge is 0.165 e. The molecule has 0 radical (unpaired) electrons. The predicted molar refractivity (Wildman–Crippen MR) is 209 cm³/mol. The van der Waals surface area contributed by atoms with E-state index >= 15 is 0 Å². The number of aromatic nitrogens is 4. The summed E-state index contributed by atoms with van der Waals surface area (Å²) >= 11 is 1.79. The van der Waals surface area contributed by atoms with Gasteiger partial charge in [-0.3, -0.25) is 0 Å². The highest BCUT2D eigenvalue weighted by Gasteiger charge is 2.18. The molecule has 0 bridgehead atoms. The molecule has 3 aromatic heterocycles. The number of thiophene rings is 1.